The summed E-state index contributed by atoms with van der Waals surface area (Å²) in [5, 5.41) is 2.88. The molecule has 3 aromatic carbocycles. The predicted molar refractivity (Wildman–Crippen MR) is 155 cm³/mol. The van der Waals surface area contributed by atoms with Crippen LogP contribution < -0.4 is 19.1 Å². The molecule has 0 aliphatic carbocycles. The lowest BCUT2D eigenvalue weighted by atomic mass is 10.1. The number of nitrogens with zero attached hydrogens (tertiary/aromatic N) is 2. The molecule has 40 heavy (non-hydrogen) atoms. The fourth-order valence-electron chi connectivity index (χ4n) is 4.02. The lowest BCUT2D eigenvalue weighted by Crippen LogP contribution is -2.51. The van der Waals surface area contributed by atoms with Crippen LogP contribution in [0.5, 0.6) is 11.5 Å². The molecule has 1 N–H and O–H groups in total. The molecular formula is C30H37N3O6S. The Kier molecular flexibility index (Phi) is 10.6. The van der Waals surface area contributed by atoms with Gasteiger partial charge in [-0.15, -0.1) is 0 Å². The van der Waals surface area contributed by atoms with Crippen molar-refractivity contribution in [1.82, 2.24) is 10.2 Å². The van der Waals surface area contributed by atoms with Crippen LogP contribution in [0.3, 0.4) is 0 Å². The molecule has 0 bridgehead atoms. The van der Waals surface area contributed by atoms with Gasteiger partial charge in [0.1, 0.15) is 24.1 Å². The number of benzene rings is 3. The molecule has 3 aromatic rings. The van der Waals surface area contributed by atoms with E-state index in [1.54, 1.807) is 74.7 Å². The number of carbonyl (C=O) groups excluding carboxylic acids is 2. The molecule has 0 unspecified atom stereocenters. The number of rotatable bonds is 13. The van der Waals surface area contributed by atoms with Gasteiger partial charge in [-0.2, -0.15) is 0 Å². The fourth-order valence-corrected chi connectivity index (χ4v) is 5.44. The van der Waals surface area contributed by atoms with Crippen molar-refractivity contribution in [3.63, 3.8) is 0 Å². The van der Waals surface area contributed by atoms with Crippen LogP contribution in [0.4, 0.5) is 5.69 Å². The van der Waals surface area contributed by atoms with Crippen LogP contribution in [0.25, 0.3) is 0 Å². The van der Waals surface area contributed by atoms with Crippen molar-refractivity contribution in [3.8, 4) is 11.5 Å². The minimum absolute atomic E-state index is 0.0349. The average molecular weight is 568 g/mol. The van der Waals surface area contributed by atoms with E-state index in [1.165, 1.54) is 24.1 Å². The second kappa shape index (κ2) is 13.8. The van der Waals surface area contributed by atoms with Crippen molar-refractivity contribution in [2.45, 2.75) is 38.3 Å². The van der Waals surface area contributed by atoms with E-state index in [4.69, 9.17) is 9.47 Å². The number of carbonyl (C=O) groups is 2. The Morgan fingerprint density at radius 3 is 2.10 bits per heavy atom. The van der Waals surface area contributed by atoms with Gasteiger partial charge in [0, 0.05) is 19.2 Å². The van der Waals surface area contributed by atoms with Crippen LogP contribution in [-0.2, 0) is 26.2 Å². The summed E-state index contributed by atoms with van der Waals surface area (Å²) in [6.45, 7) is 5.58. The van der Waals surface area contributed by atoms with Crippen molar-refractivity contribution >= 4 is 27.5 Å². The zero-order valence-corrected chi connectivity index (χ0v) is 24.4. The topological polar surface area (TPSA) is 105 Å². The molecule has 0 spiro atoms. The second-order valence-electron chi connectivity index (χ2n) is 9.71. The molecule has 214 valence electrons. The fraction of sp³-hybridized carbons (Fsp3) is 0.333. The van der Waals surface area contributed by atoms with Gasteiger partial charge >= 0.3 is 0 Å². The summed E-state index contributed by atoms with van der Waals surface area (Å²) in [4.78, 5) is 28.5. The van der Waals surface area contributed by atoms with Gasteiger partial charge < -0.3 is 19.7 Å². The van der Waals surface area contributed by atoms with E-state index in [-0.39, 0.29) is 29.0 Å². The first-order valence-electron chi connectivity index (χ1n) is 13.0. The Balaban J connectivity index is 2.03. The summed E-state index contributed by atoms with van der Waals surface area (Å²) in [7, 11) is -1.12. The number of anilines is 1. The van der Waals surface area contributed by atoms with Gasteiger partial charge in [0.05, 0.1) is 24.8 Å². The molecular weight excluding hydrogens is 530 g/mol. The summed E-state index contributed by atoms with van der Waals surface area (Å²) in [5.41, 5.74) is 0.991. The summed E-state index contributed by atoms with van der Waals surface area (Å²) in [5.74, 6) is 0.388. The van der Waals surface area contributed by atoms with Gasteiger partial charge in [0.15, 0.2) is 0 Å². The van der Waals surface area contributed by atoms with Crippen LogP contribution in [0.1, 0.15) is 26.3 Å². The van der Waals surface area contributed by atoms with Crippen LogP contribution in [0.2, 0.25) is 0 Å². The standard InChI is InChI=1S/C30H37N3O6S/c1-22(2)19-31-30(35)23(3)32(20-24-11-9-13-26(17-24)38-4)29(34)21-33(25-12-10-14-27(18-25)39-5)40(36,37)28-15-7-6-8-16-28/h6-18,22-23H,19-21H2,1-5H3,(H,31,35)/t23-/m0/s1. The maximum atomic E-state index is 14.0. The largest absolute Gasteiger partial charge is 0.497 e. The van der Waals surface area contributed by atoms with Crippen LogP contribution in [0.15, 0.2) is 83.8 Å². The SMILES string of the molecule is COc1cccc(CN(C(=O)CN(c2cccc(OC)c2)S(=O)(=O)c2ccccc2)[C@@H](C)C(=O)NCC(C)C)c1. The molecule has 0 radical (unpaired) electrons. The number of amides is 2. The Morgan fingerprint density at radius 2 is 1.48 bits per heavy atom. The zero-order valence-electron chi connectivity index (χ0n) is 23.5. The molecule has 2 amide bonds. The smallest absolute Gasteiger partial charge is 0.264 e. The van der Waals surface area contributed by atoms with Crippen molar-refractivity contribution in [1.29, 1.82) is 0 Å². The molecule has 10 heteroatoms. The lowest BCUT2D eigenvalue weighted by Gasteiger charge is -2.32. The highest BCUT2D eigenvalue weighted by Gasteiger charge is 2.32. The Labute approximate surface area is 236 Å². The molecule has 3 rings (SSSR count). The van der Waals surface area contributed by atoms with E-state index in [1.807, 2.05) is 19.9 Å². The number of nitrogens with one attached hydrogen (secondary N) is 1. The molecule has 0 aromatic heterocycles. The van der Waals surface area contributed by atoms with Crippen LogP contribution in [-0.4, -0.2) is 58.5 Å². The molecule has 0 saturated heterocycles. The highest BCUT2D eigenvalue weighted by molar-refractivity contribution is 7.92. The van der Waals surface area contributed by atoms with E-state index in [0.717, 1.165) is 9.87 Å². The molecule has 0 heterocycles. The minimum Gasteiger partial charge on any atom is -0.497 e. The number of sulfonamides is 1. The molecule has 1 atom stereocenters. The number of hydrogen-bond donors (Lipinski definition) is 1. The Hall–Kier alpha value is -4.05. The quantitative estimate of drug-likeness (QED) is 0.334. The first kappa shape index (κ1) is 30.5. The van der Waals surface area contributed by atoms with E-state index in [0.29, 0.717) is 18.0 Å². The predicted octanol–water partition coefficient (Wildman–Crippen LogP) is 4.09. The van der Waals surface area contributed by atoms with Crippen molar-refractivity contribution < 1.29 is 27.5 Å². The second-order valence-corrected chi connectivity index (χ2v) is 11.6. The maximum Gasteiger partial charge on any atom is 0.264 e. The maximum absolute atomic E-state index is 14.0. The number of methoxy groups -OCH3 is 2. The molecule has 0 fully saturated rings. The van der Waals surface area contributed by atoms with Gasteiger partial charge in [0.2, 0.25) is 11.8 Å². The Bertz CT molecular complexity index is 1400. The monoisotopic (exact) mass is 567 g/mol. The van der Waals surface area contributed by atoms with Crippen molar-refractivity contribution in [2.24, 2.45) is 5.92 Å². The highest BCUT2D eigenvalue weighted by Crippen LogP contribution is 2.27. The lowest BCUT2D eigenvalue weighted by molar-refractivity contribution is -0.139. The third-order valence-electron chi connectivity index (χ3n) is 6.29. The summed E-state index contributed by atoms with van der Waals surface area (Å²) < 4.78 is 39.3. The van der Waals surface area contributed by atoms with Gasteiger partial charge in [0.25, 0.3) is 10.0 Å². The van der Waals surface area contributed by atoms with Crippen LogP contribution in [0, 0.1) is 5.92 Å². The summed E-state index contributed by atoms with van der Waals surface area (Å²) in [6.07, 6.45) is 0. The summed E-state index contributed by atoms with van der Waals surface area (Å²) >= 11 is 0. The van der Waals surface area contributed by atoms with Crippen molar-refractivity contribution in [2.75, 3.05) is 31.6 Å². The first-order valence-corrected chi connectivity index (χ1v) is 14.4. The van der Waals surface area contributed by atoms with Gasteiger partial charge in [-0.25, -0.2) is 8.42 Å². The molecule has 0 aliphatic heterocycles. The van der Waals surface area contributed by atoms with Gasteiger partial charge in [-0.1, -0.05) is 50.2 Å². The zero-order chi connectivity index (χ0) is 29.3. The highest BCUT2D eigenvalue weighted by atomic mass is 32.2. The minimum atomic E-state index is -4.15. The number of ether oxygens (including phenoxy) is 2. The average Bonchev–Trinajstić information content (AvgIpc) is 2.97. The van der Waals surface area contributed by atoms with E-state index >= 15 is 0 Å². The van der Waals surface area contributed by atoms with Gasteiger partial charge in [-0.3, -0.25) is 13.9 Å². The first-order chi connectivity index (χ1) is 19.1. The molecule has 9 nitrogen and oxygen atoms in total. The normalized spacial score (nSPS) is 11.9. The molecule has 0 aliphatic rings. The van der Waals surface area contributed by atoms with Gasteiger partial charge in [-0.05, 0) is 54.8 Å². The number of hydrogen-bond acceptors (Lipinski definition) is 6. The van der Waals surface area contributed by atoms with Crippen molar-refractivity contribution in [3.05, 3.63) is 84.4 Å². The molecule has 0 saturated carbocycles. The van der Waals surface area contributed by atoms with E-state index in [2.05, 4.69) is 5.32 Å². The third kappa shape index (κ3) is 7.75. The summed E-state index contributed by atoms with van der Waals surface area (Å²) in [6, 6.07) is 20.7. The third-order valence-corrected chi connectivity index (χ3v) is 8.08. The van der Waals surface area contributed by atoms with E-state index < -0.39 is 28.5 Å². The van der Waals surface area contributed by atoms with Crippen LogP contribution >= 0.6 is 0 Å². The Morgan fingerprint density at radius 1 is 0.850 bits per heavy atom. The van der Waals surface area contributed by atoms with E-state index in [9.17, 15) is 18.0 Å².